The molecule has 2 aromatic heterocycles. The molecule has 1 aromatic carbocycles. The van der Waals surface area contributed by atoms with E-state index in [1.165, 1.54) is 40.0 Å². The summed E-state index contributed by atoms with van der Waals surface area (Å²) in [5.74, 6) is 0.380. The predicted octanol–water partition coefficient (Wildman–Crippen LogP) is 5.59. The van der Waals surface area contributed by atoms with Gasteiger partial charge >= 0.3 is 0 Å². The van der Waals surface area contributed by atoms with Gasteiger partial charge in [-0.3, -0.25) is 4.79 Å². The first-order valence-electron chi connectivity index (χ1n) is 7.10. The fourth-order valence-electron chi connectivity index (χ4n) is 2.05. The molecule has 0 saturated heterocycles. The molecule has 0 aliphatic carbocycles. The van der Waals surface area contributed by atoms with Crippen LogP contribution in [-0.4, -0.2) is 21.7 Å². The second kappa shape index (κ2) is 7.65. The van der Waals surface area contributed by atoms with Crippen molar-refractivity contribution >= 4 is 62.6 Å². The molecule has 8 heteroatoms. The number of nitrogens with zero attached hydrogens (tertiary/aromatic N) is 2. The van der Waals surface area contributed by atoms with Crippen molar-refractivity contribution in [2.24, 2.45) is 0 Å². The number of hydrogen-bond donors (Lipinski definition) is 1. The van der Waals surface area contributed by atoms with Crippen LogP contribution in [0.3, 0.4) is 0 Å². The molecule has 0 atom stereocenters. The second-order valence-electron chi connectivity index (χ2n) is 5.13. The first kappa shape index (κ1) is 17.4. The lowest BCUT2D eigenvalue weighted by molar-refractivity contribution is 0.102. The highest BCUT2D eigenvalue weighted by molar-refractivity contribution is 8.01. The van der Waals surface area contributed by atoms with Crippen LogP contribution in [0.2, 0.25) is 4.34 Å². The van der Waals surface area contributed by atoms with Crippen LogP contribution >= 0.6 is 46.0 Å². The van der Waals surface area contributed by atoms with Gasteiger partial charge in [-0.05, 0) is 37.6 Å². The molecule has 124 valence electrons. The summed E-state index contributed by atoms with van der Waals surface area (Å²) in [4.78, 5) is 12.7. The van der Waals surface area contributed by atoms with E-state index in [2.05, 4.69) is 41.5 Å². The van der Waals surface area contributed by atoms with Gasteiger partial charge in [-0.15, -0.1) is 21.5 Å². The minimum atomic E-state index is 0.0518. The molecule has 0 unspecified atom stereocenters. The van der Waals surface area contributed by atoms with Crippen molar-refractivity contribution in [1.82, 2.24) is 10.2 Å². The lowest BCUT2D eigenvalue weighted by Gasteiger charge is -2.06. The normalized spacial score (nSPS) is 10.8. The lowest BCUT2D eigenvalue weighted by Crippen LogP contribution is -1.98. The molecule has 0 aliphatic rings. The number of hydrogen-bond acceptors (Lipinski definition) is 7. The van der Waals surface area contributed by atoms with Gasteiger partial charge in [-0.25, -0.2) is 0 Å². The van der Waals surface area contributed by atoms with Gasteiger partial charge in [0.25, 0.3) is 0 Å². The van der Waals surface area contributed by atoms with E-state index in [1.54, 1.807) is 12.1 Å². The molecule has 0 fully saturated rings. The van der Waals surface area contributed by atoms with Crippen molar-refractivity contribution in [3.8, 4) is 0 Å². The number of carbonyl (C=O) groups excluding carboxylic acids is 1. The third-order valence-electron chi connectivity index (χ3n) is 3.20. The third-order valence-corrected chi connectivity index (χ3v) is 6.45. The van der Waals surface area contributed by atoms with E-state index >= 15 is 0 Å². The Morgan fingerprint density at radius 2 is 2.04 bits per heavy atom. The number of aromatic nitrogens is 2. The highest BCUT2D eigenvalue weighted by Crippen LogP contribution is 2.30. The summed E-state index contributed by atoms with van der Waals surface area (Å²) in [6.07, 6.45) is 0. The van der Waals surface area contributed by atoms with Crippen molar-refractivity contribution in [3.63, 3.8) is 0 Å². The summed E-state index contributed by atoms with van der Waals surface area (Å²) in [5.41, 5.74) is 3.39. The number of rotatable bonds is 6. The van der Waals surface area contributed by atoms with E-state index in [1.807, 2.05) is 6.07 Å². The van der Waals surface area contributed by atoms with Crippen LogP contribution < -0.4 is 5.32 Å². The van der Waals surface area contributed by atoms with Crippen molar-refractivity contribution in [2.75, 3.05) is 11.1 Å². The number of thioether (sulfide) groups is 1. The van der Waals surface area contributed by atoms with E-state index in [-0.39, 0.29) is 5.78 Å². The predicted molar refractivity (Wildman–Crippen MR) is 103 cm³/mol. The van der Waals surface area contributed by atoms with E-state index < -0.39 is 0 Å². The summed E-state index contributed by atoms with van der Waals surface area (Å²) in [5, 5.41) is 12.3. The number of benzene rings is 1. The van der Waals surface area contributed by atoms with Crippen LogP contribution in [0.1, 0.15) is 20.8 Å². The van der Waals surface area contributed by atoms with Gasteiger partial charge in [0.2, 0.25) is 5.13 Å². The van der Waals surface area contributed by atoms with Crippen molar-refractivity contribution in [1.29, 1.82) is 0 Å². The number of Topliss-reactive ketones (excluding diaryl/α,β-unsaturated/α-hetero) is 1. The van der Waals surface area contributed by atoms with E-state index in [9.17, 15) is 4.79 Å². The minimum absolute atomic E-state index is 0.0518. The second-order valence-corrected chi connectivity index (χ2v) is 9.05. The molecule has 0 aliphatic heterocycles. The van der Waals surface area contributed by atoms with Crippen molar-refractivity contribution < 1.29 is 4.79 Å². The number of nitrogens with one attached hydrogen (secondary N) is 1. The molecular formula is C16H14ClN3OS3. The number of anilines is 2. The quantitative estimate of drug-likeness (QED) is 0.435. The van der Waals surface area contributed by atoms with Gasteiger partial charge in [0.1, 0.15) is 0 Å². The van der Waals surface area contributed by atoms with Gasteiger partial charge < -0.3 is 5.32 Å². The van der Waals surface area contributed by atoms with Gasteiger partial charge in [0.15, 0.2) is 10.1 Å². The van der Waals surface area contributed by atoms with E-state index in [0.29, 0.717) is 15.0 Å². The largest absolute Gasteiger partial charge is 0.330 e. The first-order valence-corrected chi connectivity index (χ1v) is 10.1. The zero-order chi connectivity index (χ0) is 17.1. The maximum atomic E-state index is 12.1. The maximum absolute atomic E-state index is 12.1. The number of carbonyl (C=O) groups is 1. The average Bonchev–Trinajstić information content (AvgIpc) is 3.17. The van der Waals surface area contributed by atoms with Crippen LogP contribution in [-0.2, 0) is 0 Å². The van der Waals surface area contributed by atoms with Gasteiger partial charge in [-0.1, -0.05) is 52.4 Å². The molecule has 3 rings (SSSR count). The number of halogens is 1. The average molecular weight is 396 g/mol. The van der Waals surface area contributed by atoms with Gasteiger partial charge in [-0.2, -0.15) is 0 Å². The Labute approximate surface area is 157 Å². The van der Waals surface area contributed by atoms with Crippen LogP contribution in [0.4, 0.5) is 10.8 Å². The van der Waals surface area contributed by atoms with E-state index in [4.69, 9.17) is 11.6 Å². The van der Waals surface area contributed by atoms with Crippen LogP contribution in [0.15, 0.2) is 34.7 Å². The standard InChI is InChI=1S/C16H14ClN3OS3/c1-9-3-4-11(10(2)7-9)18-15-19-20-16(24-15)22-8-12(21)13-5-6-14(17)23-13/h3-7H,8H2,1-2H3,(H,18,19). The van der Waals surface area contributed by atoms with Crippen molar-refractivity contribution in [2.45, 2.75) is 18.2 Å². The molecule has 2 heterocycles. The Morgan fingerprint density at radius 1 is 1.21 bits per heavy atom. The summed E-state index contributed by atoms with van der Waals surface area (Å²) in [6.45, 7) is 4.12. The van der Waals surface area contributed by atoms with Crippen LogP contribution in [0.5, 0.6) is 0 Å². The Hall–Kier alpha value is -1.41. The molecule has 0 bridgehead atoms. The first-order chi connectivity index (χ1) is 11.5. The lowest BCUT2D eigenvalue weighted by atomic mass is 10.1. The highest BCUT2D eigenvalue weighted by Gasteiger charge is 2.12. The van der Waals surface area contributed by atoms with E-state index in [0.717, 1.165) is 20.7 Å². The summed E-state index contributed by atoms with van der Waals surface area (Å²) in [7, 11) is 0. The third kappa shape index (κ3) is 4.36. The molecular weight excluding hydrogens is 382 g/mol. The number of thiophene rings is 1. The SMILES string of the molecule is Cc1ccc(Nc2nnc(SCC(=O)c3ccc(Cl)s3)s2)c(C)c1. The molecule has 0 radical (unpaired) electrons. The van der Waals surface area contributed by atoms with Crippen LogP contribution in [0.25, 0.3) is 0 Å². The molecule has 24 heavy (non-hydrogen) atoms. The number of ketones is 1. The molecule has 0 saturated carbocycles. The smallest absolute Gasteiger partial charge is 0.210 e. The highest BCUT2D eigenvalue weighted by atomic mass is 35.5. The van der Waals surface area contributed by atoms with Crippen LogP contribution in [0, 0.1) is 13.8 Å². The fourth-order valence-corrected chi connectivity index (χ4v) is 4.77. The Balaban J connectivity index is 1.60. The van der Waals surface area contributed by atoms with Gasteiger partial charge in [0.05, 0.1) is 15.0 Å². The molecule has 0 amide bonds. The topological polar surface area (TPSA) is 54.9 Å². The zero-order valence-electron chi connectivity index (χ0n) is 13.0. The maximum Gasteiger partial charge on any atom is 0.210 e. The molecule has 3 aromatic rings. The Bertz CT molecular complexity index is 875. The monoisotopic (exact) mass is 395 g/mol. The minimum Gasteiger partial charge on any atom is -0.330 e. The Morgan fingerprint density at radius 3 is 2.75 bits per heavy atom. The van der Waals surface area contributed by atoms with Crippen molar-refractivity contribution in [3.05, 3.63) is 50.7 Å². The summed E-state index contributed by atoms with van der Waals surface area (Å²) >= 11 is 9.98. The molecule has 4 nitrogen and oxygen atoms in total. The summed E-state index contributed by atoms with van der Waals surface area (Å²) in [6, 6.07) is 9.69. The zero-order valence-corrected chi connectivity index (χ0v) is 16.2. The molecule has 0 spiro atoms. The fraction of sp³-hybridized carbons (Fsp3) is 0.188. The number of aryl methyl sites for hydroxylation is 2. The summed E-state index contributed by atoms with van der Waals surface area (Å²) < 4.78 is 1.39. The molecule has 1 N–H and O–H groups in total. The Kier molecular flexibility index (Phi) is 5.55. The van der Waals surface area contributed by atoms with Gasteiger partial charge in [0, 0.05) is 5.69 Å².